The number of carboxylic acid groups (broad SMARTS) is 1. The first-order valence-electron chi connectivity index (χ1n) is 6.79. The Kier molecular flexibility index (Phi) is 5.07. The second-order valence-corrected chi connectivity index (χ2v) is 6.66. The Morgan fingerprint density at radius 1 is 1.39 bits per heavy atom. The van der Waals surface area contributed by atoms with E-state index in [4.69, 9.17) is 14.3 Å². The summed E-state index contributed by atoms with van der Waals surface area (Å²) in [5.41, 5.74) is -0.134. The Bertz CT molecular complexity index is 782. The Hall–Kier alpha value is -2.32. The summed E-state index contributed by atoms with van der Waals surface area (Å²) < 4.78 is 37.7. The fourth-order valence-electron chi connectivity index (χ4n) is 2.12. The Labute approximate surface area is 133 Å². The van der Waals surface area contributed by atoms with E-state index in [1.165, 1.54) is 25.5 Å². The average Bonchev–Trinajstić information content (AvgIpc) is 2.98. The van der Waals surface area contributed by atoms with Crippen molar-refractivity contribution in [3.05, 3.63) is 47.9 Å². The van der Waals surface area contributed by atoms with Gasteiger partial charge < -0.3 is 14.3 Å². The number of carboxylic acids is 1. The van der Waals surface area contributed by atoms with Gasteiger partial charge in [0.05, 0.1) is 18.9 Å². The monoisotopic (exact) mass is 339 g/mol. The number of carbonyl (C=O) groups is 1. The Morgan fingerprint density at radius 2 is 2.13 bits per heavy atom. The van der Waals surface area contributed by atoms with Crippen molar-refractivity contribution < 1.29 is 27.5 Å². The van der Waals surface area contributed by atoms with Crippen molar-refractivity contribution in [2.45, 2.75) is 24.3 Å². The SMILES string of the molecule is COc1ccc(C(=O)O)cc1S(=O)(=O)NC(C)Cc1ccco1. The van der Waals surface area contributed by atoms with Gasteiger partial charge in [-0.3, -0.25) is 0 Å². The highest BCUT2D eigenvalue weighted by Gasteiger charge is 2.24. The predicted octanol–water partition coefficient (Wildman–Crippen LogP) is 1.90. The van der Waals surface area contributed by atoms with Crippen LogP contribution in [0.4, 0.5) is 0 Å². The number of sulfonamides is 1. The molecule has 8 heteroatoms. The zero-order chi connectivity index (χ0) is 17.0. The molecule has 0 bridgehead atoms. The summed E-state index contributed by atoms with van der Waals surface area (Å²) in [6.45, 7) is 1.69. The lowest BCUT2D eigenvalue weighted by atomic mass is 10.2. The van der Waals surface area contributed by atoms with Crippen LogP contribution in [0, 0.1) is 0 Å². The maximum absolute atomic E-state index is 12.5. The van der Waals surface area contributed by atoms with Crippen molar-refractivity contribution in [3.8, 4) is 5.75 Å². The molecule has 7 nitrogen and oxygen atoms in total. The van der Waals surface area contributed by atoms with Gasteiger partial charge in [0.1, 0.15) is 16.4 Å². The number of aromatic carboxylic acids is 1. The Morgan fingerprint density at radius 3 is 2.70 bits per heavy atom. The van der Waals surface area contributed by atoms with E-state index in [2.05, 4.69) is 4.72 Å². The molecule has 1 heterocycles. The highest BCUT2D eigenvalue weighted by atomic mass is 32.2. The molecule has 1 unspecified atom stereocenters. The molecule has 0 aliphatic carbocycles. The molecule has 0 spiro atoms. The number of hydrogen-bond donors (Lipinski definition) is 2. The van der Waals surface area contributed by atoms with Crippen LogP contribution < -0.4 is 9.46 Å². The smallest absolute Gasteiger partial charge is 0.335 e. The third-order valence-corrected chi connectivity index (χ3v) is 4.75. The first kappa shape index (κ1) is 17.0. The van der Waals surface area contributed by atoms with Crippen LogP contribution in [-0.4, -0.2) is 32.6 Å². The van der Waals surface area contributed by atoms with Gasteiger partial charge in [-0.2, -0.15) is 0 Å². The van der Waals surface area contributed by atoms with E-state index in [1.54, 1.807) is 19.1 Å². The van der Waals surface area contributed by atoms with Crippen molar-refractivity contribution in [3.63, 3.8) is 0 Å². The van der Waals surface area contributed by atoms with Crippen LogP contribution >= 0.6 is 0 Å². The van der Waals surface area contributed by atoms with E-state index in [-0.39, 0.29) is 16.2 Å². The summed E-state index contributed by atoms with van der Waals surface area (Å²) in [6.07, 6.45) is 1.88. The van der Waals surface area contributed by atoms with Gasteiger partial charge in [0.2, 0.25) is 10.0 Å². The minimum absolute atomic E-state index is 0.0766. The normalized spacial score (nSPS) is 12.8. The Balaban J connectivity index is 2.27. The van der Waals surface area contributed by atoms with Gasteiger partial charge in [0, 0.05) is 12.5 Å². The molecule has 0 saturated heterocycles. The van der Waals surface area contributed by atoms with Gasteiger partial charge >= 0.3 is 5.97 Å². The fourth-order valence-corrected chi connectivity index (χ4v) is 3.56. The summed E-state index contributed by atoms with van der Waals surface area (Å²) in [5.74, 6) is -0.494. The van der Waals surface area contributed by atoms with E-state index < -0.39 is 22.0 Å². The lowest BCUT2D eigenvalue weighted by molar-refractivity contribution is 0.0696. The maximum Gasteiger partial charge on any atom is 0.335 e. The molecule has 0 aliphatic rings. The molecule has 1 aromatic heterocycles. The average molecular weight is 339 g/mol. The third kappa shape index (κ3) is 4.11. The molecule has 0 radical (unpaired) electrons. The van der Waals surface area contributed by atoms with Gasteiger partial charge in [0.15, 0.2) is 0 Å². The highest BCUT2D eigenvalue weighted by Crippen LogP contribution is 2.25. The molecule has 2 rings (SSSR count). The summed E-state index contributed by atoms with van der Waals surface area (Å²) in [6, 6.07) is 6.70. The van der Waals surface area contributed by atoms with Gasteiger partial charge in [-0.1, -0.05) is 0 Å². The van der Waals surface area contributed by atoms with E-state index in [1.807, 2.05) is 0 Å². The van der Waals surface area contributed by atoms with Crippen molar-refractivity contribution in [1.82, 2.24) is 4.72 Å². The first-order chi connectivity index (χ1) is 10.8. The molecule has 0 amide bonds. The topological polar surface area (TPSA) is 106 Å². The zero-order valence-electron chi connectivity index (χ0n) is 12.6. The molecule has 0 saturated carbocycles. The predicted molar refractivity (Wildman–Crippen MR) is 82.1 cm³/mol. The minimum Gasteiger partial charge on any atom is -0.495 e. The van der Waals surface area contributed by atoms with E-state index >= 15 is 0 Å². The lowest BCUT2D eigenvalue weighted by Crippen LogP contribution is -2.34. The van der Waals surface area contributed by atoms with Crippen LogP contribution in [0.3, 0.4) is 0 Å². The molecular formula is C15H17NO6S. The summed E-state index contributed by atoms with van der Waals surface area (Å²) in [7, 11) is -2.62. The largest absolute Gasteiger partial charge is 0.495 e. The molecule has 124 valence electrons. The molecule has 0 aliphatic heterocycles. The number of furan rings is 1. The van der Waals surface area contributed by atoms with Gasteiger partial charge in [-0.25, -0.2) is 17.9 Å². The fraction of sp³-hybridized carbons (Fsp3) is 0.267. The van der Waals surface area contributed by atoms with E-state index in [9.17, 15) is 13.2 Å². The standard InChI is InChI=1S/C15H17NO6S/c1-10(8-12-4-3-7-22-12)16-23(19,20)14-9-11(15(17)18)5-6-13(14)21-2/h3-7,9-10,16H,8H2,1-2H3,(H,17,18). The van der Waals surface area contributed by atoms with Gasteiger partial charge in [-0.15, -0.1) is 0 Å². The van der Waals surface area contributed by atoms with Crippen LogP contribution in [0.2, 0.25) is 0 Å². The van der Waals surface area contributed by atoms with Crippen molar-refractivity contribution in [1.29, 1.82) is 0 Å². The molecule has 2 aromatic rings. The number of methoxy groups -OCH3 is 1. The van der Waals surface area contributed by atoms with Crippen LogP contribution in [0.1, 0.15) is 23.0 Å². The van der Waals surface area contributed by atoms with Crippen molar-refractivity contribution >= 4 is 16.0 Å². The zero-order valence-corrected chi connectivity index (χ0v) is 13.5. The molecule has 0 fully saturated rings. The molecule has 23 heavy (non-hydrogen) atoms. The van der Waals surface area contributed by atoms with Crippen LogP contribution in [0.5, 0.6) is 5.75 Å². The lowest BCUT2D eigenvalue weighted by Gasteiger charge is -2.15. The molecule has 2 N–H and O–H groups in total. The number of nitrogens with one attached hydrogen (secondary N) is 1. The maximum atomic E-state index is 12.5. The number of benzene rings is 1. The van der Waals surface area contributed by atoms with E-state index in [0.717, 1.165) is 6.07 Å². The van der Waals surface area contributed by atoms with Crippen molar-refractivity contribution in [2.24, 2.45) is 0 Å². The third-order valence-electron chi connectivity index (χ3n) is 3.14. The van der Waals surface area contributed by atoms with Crippen molar-refractivity contribution in [2.75, 3.05) is 7.11 Å². The molecule has 1 atom stereocenters. The summed E-state index contributed by atoms with van der Waals surface area (Å²) in [4.78, 5) is 10.8. The number of hydrogen-bond acceptors (Lipinski definition) is 5. The van der Waals surface area contributed by atoms with Crippen LogP contribution in [0.25, 0.3) is 0 Å². The summed E-state index contributed by atoms with van der Waals surface area (Å²) in [5, 5.41) is 9.02. The highest BCUT2D eigenvalue weighted by molar-refractivity contribution is 7.89. The second kappa shape index (κ2) is 6.84. The summed E-state index contributed by atoms with van der Waals surface area (Å²) >= 11 is 0. The number of ether oxygens (including phenoxy) is 1. The van der Waals surface area contributed by atoms with Gasteiger partial charge in [-0.05, 0) is 37.3 Å². The second-order valence-electron chi connectivity index (χ2n) is 4.98. The molecule has 1 aromatic carbocycles. The van der Waals surface area contributed by atoms with Crippen LogP contribution in [0.15, 0.2) is 45.9 Å². The minimum atomic E-state index is -3.94. The molecular weight excluding hydrogens is 322 g/mol. The van der Waals surface area contributed by atoms with E-state index in [0.29, 0.717) is 12.2 Å². The van der Waals surface area contributed by atoms with Crippen LogP contribution in [-0.2, 0) is 16.4 Å². The number of rotatable bonds is 7. The first-order valence-corrected chi connectivity index (χ1v) is 8.28. The van der Waals surface area contributed by atoms with Gasteiger partial charge in [0.25, 0.3) is 0 Å². The quantitative estimate of drug-likeness (QED) is 0.798.